The third-order valence-electron chi connectivity index (χ3n) is 4.94. The van der Waals surface area contributed by atoms with Crippen LogP contribution in [-0.4, -0.2) is 36.7 Å². The van der Waals surface area contributed by atoms with E-state index >= 15 is 0 Å². The Kier molecular flexibility index (Phi) is 4.44. The van der Waals surface area contributed by atoms with Gasteiger partial charge in [-0.15, -0.1) is 0 Å². The minimum absolute atomic E-state index is 0.301. The average Bonchev–Trinajstić information content (AvgIpc) is 2.74. The zero-order chi connectivity index (χ0) is 14.7. The summed E-state index contributed by atoms with van der Waals surface area (Å²) in [6.07, 6.45) is 4.73. The number of ether oxygens (including phenoxy) is 1. The van der Waals surface area contributed by atoms with Gasteiger partial charge in [0.15, 0.2) is 0 Å². The van der Waals surface area contributed by atoms with Crippen molar-refractivity contribution in [1.29, 1.82) is 0 Å². The number of benzene rings is 1. The van der Waals surface area contributed by atoms with Crippen LogP contribution in [0.2, 0.25) is 0 Å². The summed E-state index contributed by atoms with van der Waals surface area (Å²) >= 11 is 0. The number of fused-ring (bicyclic) bond motifs is 2. The predicted octanol–water partition coefficient (Wildman–Crippen LogP) is 2.79. The fourth-order valence-electron chi connectivity index (χ4n) is 3.69. The number of amides is 1. The van der Waals surface area contributed by atoms with Crippen LogP contribution in [0.15, 0.2) is 30.3 Å². The highest BCUT2D eigenvalue weighted by atomic mass is 16.5. The summed E-state index contributed by atoms with van der Waals surface area (Å²) in [4.78, 5) is 14.3. The standard InChI is InChI=1S/C17H24N2O2/c1-19-15-7-8-16(19)10-14(9-15)11-18-17(20)21-12-13-5-3-2-4-6-13/h2-6,14-16H,7-12H2,1H3,(H,18,20). The van der Waals surface area contributed by atoms with Crippen molar-refractivity contribution in [3.05, 3.63) is 35.9 Å². The van der Waals surface area contributed by atoms with Crippen molar-refractivity contribution in [2.75, 3.05) is 13.6 Å². The second-order valence-corrected chi connectivity index (χ2v) is 6.33. The van der Waals surface area contributed by atoms with Crippen molar-refractivity contribution >= 4 is 6.09 Å². The van der Waals surface area contributed by atoms with Gasteiger partial charge in [-0.2, -0.15) is 0 Å². The number of nitrogens with one attached hydrogen (secondary N) is 1. The normalized spacial score (nSPS) is 28.3. The highest BCUT2D eigenvalue weighted by molar-refractivity contribution is 5.67. The number of carbonyl (C=O) groups is 1. The Morgan fingerprint density at radius 1 is 1.24 bits per heavy atom. The molecule has 0 saturated carbocycles. The van der Waals surface area contributed by atoms with Crippen LogP contribution in [0.25, 0.3) is 0 Å². The first-order chi connectivity index (χ1) is 10.2. The molecule has 0 aliphatic carbocycles. The molecule has 2 fully saturated rings. The molecule has 2 saturated heterocycles. The van der Waals surface area contributed by atoms with Crippen LogP contribution in [0.1, 0.15) is 31.2 Å². The maximum absolute atomic E-state index is 11.8. The van der Waals surface area contributed by atoms with Crippen LogP contribution in [0.3, 0.4) is 0 Å². The van der Waals surface area contributed by atoms with E-state index in [-0.39, 0.29) is 6.09 Å². The fourth-order valence-corrected chi connectivity index (χ4v) is 3.69. The summed E-state index contributed by atoms with van der Waals surface area (Å²) in [5.41, 5.74) is 1.02. The molecule has 3 rings (SSSR count). The molecule has 2 atom stereocenters. The number of nitrogens with zero attached hydrogens (tertiary/aromatic N) is 1. The van der Waals surface area contributed by atoms with Gasteiger partial charge < -0.3 is 15.0 Å². The molecular weight excluding hydrogens is 264 g/mol. The molecule has 0 radical (unpaired) electrons. The molecule has 4 nitrogen and oxygen atoms in total. The summed E-state index contributed by atoms with van der Waals surface area (Å²) in [6, 6.07) is 11.2. The van der Waals surface area contributed by atoms with E-state index in [1.165, 1.54) is 25.7 Å². The Morgan fingerprint density at radius 3 is 2.57 bits per heavy atom. The topological polar surface area (TPSA) is 41.6 Å². The van der Waals surface area contributed by atoms with Gasteiger partial charge >= 0.3 is 6.09 Å². The van der Waals surface area contributed by atoms with E-state index in [1.54, 1.807) is 0 Å². The summed E-state index contributed by atoms with van der Waals surface area (Å²) in [5.74, 6) is 0.600. The lowest BCUT2D eigenvalue weighted by atomic mass is 9.91. The molecule has 2 aliphatic rings. The second-order valence-electron chi connectivity index (χ2n) is 6.33. The fraction of sp³-hybridized carbons (Fsp3) is 0.588. The third-order valence-corrected chi connectivity index (χ3v) is 4.94. The van der Waals surface area contributed by atoms with E-state index in [0.717, 1.165) is 24.2 Å². The van der Waals surface area contributed by atoms with Gasteiger partial charge in [-0.1, -0.05) is 30.3 Å². The number of hydrogen-bond donors (Lipinski definition) is 1. The molecule has 2 heterocycles. The molecule has 1 aromatic carbocycles. The Bertz CT molecular complexity index is 463. The number of rotatable bonds is 4. The first-order valence-corrected chi connectivity index (χ1v) is 7.89. The van der Waals surface area contributed by atoms with Crippen molar-refractivity contribution in [2.45, 2.75) is 44.4 Å². The highest BCUT2D eigenvalue weighted by Crippen LogP contribution is 2.36. The zero-order valence-corrected chi connectivity index (χ0v) is 12.6. The third kappa shape index (κ3) is 3.56. The number of hydrogen-bond acceptors (Lipinski definition) is 3. The Balaban J connectivity index is 1.38. The van der Waals surface area contributed by atoms with Crippen LogP contribution in [0.4, 0.5) is 4.79 Å². The Morgan fingerprint density at radius 2 is 1.90 bits per heavy atom. The number of piperidine rings is 1. The van der Waals surface area contributed by atoms with E-state index < -0.39 is 0 Å². The summed E-state index contributed by atoms with van der Waals surface area (Å²) in [5, 5.41) is 2.93. The van der Waals surface area contributed by atoms with Crippen LogP contribution in [0, 0.1) is 5.92 Å². The van der Waals surface area contributed by atoms with E-state index in [0.29, 0.717) is 12.5 Å². The van der Waals surface area contributed by atoms with Crippen molar-refractivity contribution in [1.82, 2.24) is 10.2 Å². The SMILES string of the molecule is CN1C2CCC1CC(CNC(=O)OCc1ccccc1)C2. The Labute approximate surface area is 126 Å². The first-order valence-electron chi connectivity index (χ1n) is 7.89. The quantitative estimate of drug-likeness (QED) is 0.926. The van der Waals surface area contributed by atoms with E-state index in [2.05, 4.69) is 17.3 Å². The summed E-state index contributed by atoms with van der Waals surface area (Å²) in [6.45, 7) is 1.08. The van der Waals surface area contributed by atoms with Gasteiger partial charge in [0, 0.05) is 18.6 Å². The molecule has 2 unspecified atom stereocenters. The van der Waals surface area contributed by atoms with Crippen LogP contribution >= 0.6 is 0 Å². The molecule has 21 heavy (non-hydrogen) atoms. The zero-order valence-electron chi connectivity index (χ0n) is 12.6. The lowest BCUT2D eigenvalue weighted by molar-refractivity contribution is 0.119. The largest absolute Gasteiger partial charge is 0.445 e. The van der Waals surface area contributed by atoms with Crippen molar-refractivity contribution in [2.24, 2.45) is 5.92 Å². The first kappa shape index (κ1) is 14.4. The molecule has 2 bridgehead atoms. The van der Waals surface area contributed by atoms with Crippen molar-refractivity contribution in [3.63, 3.8) is 0 Å². The molecule has 4 heteroatoms. The van der Waals surface area contributed by atoms with E-state index in [9.17, 15) is 4.79 Å². The van der Waals surface area contributed by atoms with E-state index in [4.69, 9.17) is 4.74 Å². The molecular formula is C17H24N2O2. The van der Waals surface area contributed by atoms with Crippen LogP contribution < -0.4 is 5.32 Å². The summed E-state index contributed by atoms with van der Waals surface area (Å²) in [7, 11) is 2.24. The molecule has 114 valence electrons. The second kappa shape index (κ2) is 6.48. The van der Waals surface area contributed by atoms with Gasteiger partial charge in [-0.3, -0.25) is 0 Å². The van der Waals surface area contributed by atoms with E-state index in [1.807, 2.05) is 30.3 Å². The molecule has 0 spiro atoms. The molecule has 1 N–H and O–H groups in total. The summed E-state index contributed by atoms with van der Waals surface area (Å²) < 4.78 is 5.25. The number of carbonyl (C=O) groups excluding carboxylic acids is 1. The van der Waals surface area contributed by atoms with Gasteiger partial charge in [0.2, 0.25) is 0 Å². The molecule has 0 aromatic heterocycles. The predicted molar refractivity (Wildman–Crippen MR) is 81.9 cm³/mol. The monoisotopic (exact) mass is 288 g/mol. The molecule has 1 aromatic rings. The maximum Gasteiger partial charge on any atom is 0.407 e. The van der Waals surface area contributed by atoms with Crippen LogP contribution in [-0.2, 0) is 11.3 Å². The average molecular weight is 288 g/mol. The van der Waals surface area contributed by atoms with Gasteiger partial charge in [-0.25, -0.2) is 4.79 Å². The minimum atomic E-state index is -0.301. The highest BCUT2D eigenvalue weighted by Gasteiger charge is 2.38. The maximum atomic E-state index is 11.8. The smallest absolute Gasteiger partial charge is 0.407 e. The van der Waals surface area contributed by atoms with Gasteiger partial charge in [0.1, 0.15) is 6.61 Å². The lowest BCUT2D eigenvalue weighted by Crippen LogP contribution is -2.43. The van der Waals surface area contributed by atoms with Gasteiger partial charge in [0.05, 0.1) is 0 Å². The van der Waals surface area contributed by atoms with Gasteiger partial charge in [0.25, 0.3) is 0 Å². The van der Waals surface area contributed by atoms with Gasteiger partial charge in [-0.05, 0) is 44.2 Å². The molecule has 1 amide bonds. The van der Waals surface area contributed by atoms with Crippen molar-refractivity contribution < 1.29 is 9.53 Å². The number of alkyl carbamates (subject to hydrolysis) is 1. The minimum Gasteiger partial charge on any atom is -0.445 e. The van der Waals surface area contributed by atoms with Crippen LogP contribution in [0.5, 0.6) is 0 Å². The molecule has 2 aliphatic heterocycles. The van der Waals surface area contributed by atoms with Crippen molar-refractivity contribution in [3.8, 4) is 0 Å². The Hall–Kier alpha value is -1.55. The lowest BCUT2D eigenvalue weighted by Gasteiger charge is -2.36.